The minimum atomic E-state index is -0.855. The molecule has 1 spiro atoms. The fraction of sp³-hybridized carbons (Fsp3) is 0.500. The van der Waals surface area contributed by atoms with Gasteiger partial charge in [0.05, 0.1) is 0 Å². The summed E-state index contributed by atoms with van der Waals surface area (Å²) >= 11 is 0. The molecule has 2 aromatic rings. The summed E-state index contributed by atoms with van der Waals surface area (Å²) in [6.07, 6.45) is 4.15. The van der Waals surface area contributed by atoms with Crippen molar-refractivity contribution in [2.24, 2.45) is 5.92 Å². The lowest BCUT2D eigenvalue weighted by Crippen LogP contribution is -2.54. The first-order valence-electron chi connectivity index (χ1n) is 9.76. The number of hydrogen-bond acceptors (Lipinski definition) is 5. The van der Waals surface area contributed by atoms with Gasteiger partial charge < -0.3 is 15.1 Å². The molecular weight excluding hydrogens is 360 g/mol. The van der Waals surface area contributed by atoms with Crippen LogP contribution in [0.15, 0.2) is 22.6 Å². The van der Waals surface area contributed by atoms with Crippen molar-refractivity contribution in [2.75, 3.05) is 11.9 Å². The van der Waals surface area contributed by atoms with Gasteiger partial charge in [0, 0.05) is 12.1 Å². The fourth-order valence-corrected chi connectivity index (χ4v) is 4.19. The number of aryl methyl sites for hydroxylation is 1. The largest absolute Gasteiger partial charge is 0.441 e. The van der Waals surface area contributed by atoms with Gasteiger partial charge in [0.2, 0.25) is 5.91 Å². The highest BCUT2D eigenvalue weighted by Crippen LogP contribution is 2.38. The molecule has 8 nitrogen and oxygen atoms in total. The number of benzene rings is 1. The molecule has 1 aromatic heterocycles. The highest BCUT2D eigenvalue weighted by Gasteiger charge is 2.55. The van der Waals surface area contributed by atoms with E-state index in [4.69, 9.17) is 4.42 Å². The van der Waals surface area contributed by atoms with Crippen LogP contribution in [-0.4, -0.2) is 39.8 Å². The number of amides is 4. The van der Waals surface area contributed by atoms with Crippen molar-refractivity contribution < 1.29 is 18.8 Å². The van der Waals surface area contributed by atoms with E-state index in [2.05, 4.69) is 15.6 Å². The number of oxazole rings is 1. The maximum absolute atomic E-state index is 12.9. The zero-order chi connectivity index (χ0) is 19.9. The number of fused-ring (bicyclic) bond motifs is 1. The number of anilines is 1. The van der Waals surface area contributed by atoms with E-state index in [-0.39, 0.29) is 18.4 Å². The Morgan fingerprint density at radius 1 is 1.39 bits per heavy atom. The lowest BCUT2D eigenvalue weighted by Gasteiger charge is -2.36. The molecule has 1 aromatic carbocycles. The molecule has 148 valence electrons. The average Bonchev–Trinajstić information content (AvgIpc) is 3.18. The minimum Gasteiger partial charge on any atom is -0.441 e. The molecule has 2 unspecified atom stereocenters. The SMILES string of the molecule is CCc1nc2cc(NC(=O)CN3C(=O)NC4(CCCCC4C)C3=O)ccc2o1. The summed E-state index contributed by atoms with van der Waals surface area (Å²) in [6, 6.07) is 4.67. The number of hydrogen-bond donors (Lipinski definition) is 2. The van der Waals surface area contributed by atoms with E-state index in [0.29, 0.717) is 35.5 Å². The summed E-state index contributed by atoms with van der Waals surface area (Å²) in [5, 5.41) is 5.59. The van der Waals surface area contributed by atoms with Gasteiger partial charge in [0.25, 0.3) is 5.91 Å². The second-order valence-corrected chi connectivity index (χ2v) is 7.63. The van der Waals surface area contributed by atoms with Crippen molar-refractivity contribution in [3.63, 3.8) is 0 Å². The summed E-state index contributed by atoms with van der Waals surface area (Å²) in [5.41, 5.74) is 0.990. The standard InChI is InChI=1S/C20H24N4O4/c1-3-17-22-14-10-13(7-8-15(14)28-17)21-16(25)11-24-18(26)20(23-19(24)27)9-5-4-6-12(20)2/h7-8,10,12H,3-6,9,11H2,1-2H3,(H,21,25)(H,23,27). The average molecular weight is 384 g/mol. The second-order valence-electron chi connectivity index (χ2n) is 7.63. The minimum absolute atomic E-state index is 0.0631. The van der Waals surface area contributed by atoms with Crippen LogP contribution in [-0.2, 0) is 16.0 Å². The number of carbonyl (C=O) groups excluding carboxylic acids is 3. The van der Waals surface area contributed by atoms with Gasteiger partial charge in [-0.1, -0.05) is 26.7 Å². The van der Waals surface area contributed by atoms with Crippen molar-refractivity contribution in [1.29, 1.82) is 0 Å². The first-order valence-corrected chi connectivity index (χ1v) is 9.76. The van der Waals surface area contributed by atoms with Crippen molar-refractivity contribution in [3.05, 3.63) is 24.1 Å². The molecule has 2 heterocycles. The van der Waals surface area contributed by atoms with Gasteiger partial charge in [-0.15, -0.1) is 0 Å². The van der Waals surface area contributed by atoms with Gasteiger partial charge >= 0.3 is 6.03 Å². The molecule has 1 saturated carbocycles. The van der Waals surface area contributed by atoms with Crippen LogP contribution in [0.2, 0.25) is 0 Å². The van der Waals surface area contributed by atoms with E-state index in [1.54, 1.807) is 18.2 Å². The molecule has 1 saturated heterocycles. The molecule has 0 radical (unpaired) electrons. The molecule has 4 rings (SSSR count). The normalized spacial score (nSPS) is 24.8. The Labute approximate surface area is 162 Å². The van der Waals surface area contributed by atoms with Crippen molar-refractivity contribution >= 4 is 34.6 Å². The first-order chi connectivity index (χ1) is 13.4. The molecular formula is C20H24N4O4. The third-order valence-electron chi connectivity index (χ3n) is 5.82. The topological polar surface area (TPSA) is 105 Å². The maximum Gasteiger partial charge on any atom is 0.325 e. The maximum atomic E-state index is 12.9. The number of nitrogens with one attached hydrogen (secondary N) is 2. The van der Waals surface area contributed by atoms with Crippen LogP contribution in [0.3, 0.4) is 0 Å². The zero-order valence-corrected chi connectivity index (χ0v) is 16.1. The number of imide groups is 1. The molecule has 1 aliphatic carbocycles. The van der Waals surface area contributed by atoms with Crippen LogP contribution in [0.4, 0.5) is 10.5 Å². The molecule has 28 heavy (non-hydrogen) atoms. The second kappa shape index (κ2) is 6.92. The summed E-state index contributed by atoms with van der Waals surface area (Å²) < 4.78 is 5.56. The van der Waals surface area contributed by atoms with Crippen LogP contribution >= 0.6 is 0 Å². The van der Waals surface area contributed by atoms with Crippen LogP contribution in [0.25, 0.3) is 11.1 Å². The number of rotatable bonds is 4. The third kappa shape index (κ3) is 3.02. The highest BCUT2D eigenvalue weighted by atomic mass is 16.3. The lowest BCUT2D eigenvalue weighted by atomic mass is 9.73. The predicted octanol–water partition coefficient (Wildman–Crippen LogP) is 2.83. The number of carbonyl (C=O) groups is 3. The van der Waals surface area contributed by atoms with Gasteiger partial charge in [-0.25, -0.2) is 9.78 Å². The summed E-state index contributed by atoms with van der Waals surface area (Å²) in [7, 11) is 0. The Hall–Kier alpha value is -2.90. The molecule has 4 amide bonds. The van der Waals surface area contributed by atoms with Crippen LogP contribution < -0.4 is 10.6 Å². The van der Waals surface area contributed by atoms with Gasteiger partial charge in [0.15, 0.2) is 11.5 Å². The predicted molar refractivity (Wildman–Crippen MR) is 103 cm³/mol. The van der Waals surface area contributed by atoms with E-state index >= 15 is 0 Å². The Kier molecular flexibility index (Phi) is 4.56. The van der Waals surface area contributed by atoms with Gasteiger partial charge in [0.1, 0.15) is 17.6 Å². The summed E-state index contributed by atoms with van der Waals surface area (Å²) in [6.45, 7) is 3.63. The van der Waals surface area contributed by atoms with Gasteiger partial charge in [-0.2, -0.15) is 0 Å². The molecule has 2 atom stereocenters. The van der Waals surface area contributed by atoms with Gasteiger partial charge in [-0.05, 0) is 37.0 Å². The molecule has 2 fully saturated rings. The molecule has 0 bridgehead atoms. The Balaban J connectivity index is 1.46. The van der Waals surface area contributed by atoms with Gasteiger partial charge in [-0.3, -0.25) is 14.5 Å². The monoisotopic (exact) mass is 384 g/mol. The number of urea groups is 1. The van der Waals surface area contributed by atoms with E-state index in [0.717, 1.165) is 24.2 Å². The van der Waals surface area contributed by atoms with E-state index in [9.17, 15) is 14.4 Å². The highest BCUT2D eigenvalue weighted by molar-refractivity contribution is 6.10. The van der Waals surface area contributed by atoms with Crippen molar-refractivity contribution in [1.82, 2.24) is 15.2 Å². The Morgan fingerprint density at radius 2 is 2.21 bits per heavy atom. The fourth-order valence-electron chi connectivity index (χ4n) is 4.19. The van der Waals surface area contributed by atoms with E-state index in [1.807, 2.05) is 13.8 Å². The summed E-state index contributed by atoms with van der Waals surface area (Å²) in [5.74, 6) is -0.0280. The summed E-state index contributed by atoms with van der Waals surface area (Å²) in [4.78, 5) is 43.2. The molecule has 1 aliphatic heterocycles. The Morgan fingerprint density at radius 3 is 2.96 bits per heavy atom. The van der Waals surface area contributed by atoms with Crippen LogP contribution in [0, 0.1) is 5.92 Å². The van der Waals surface area contributed by atoms with E-state index < -0.39 is 17.5 Å². The van der Waals surface area contributed by atoms with Crippen LogP contribution in [0.5, 0.6) is 0 Å². The molecule has 2 N–H and O–H groups in total. The lowest BCUT2D eigenvalue weighted by molar-refractivity contribution is -0.136. The number of aromatic nitrogens is 1. The first kappa shape index (κ1) is 18.5. The quantitative estimate of drug-likeness (QED) is 0.789. The Bertz CT molecular complexity index is 953. The van der Waals surface area contributed by atoms with Crippen molar-refractivity contribution in [3.8, 4) is 0 Å². The molecule has 8 heteroatoms. The van der Waals surface area contributed by atoms with Crippen LogP contribution in [0.1, 0.15) is 45.4 Å². The van der Waals surface area contributed by atoms with E-state index in [1.165, 1.54) is 0 Å². The molecule has 2 aliphatic rings. The number of nitrogens with zero attached hydrogens (tertiary/aromatic N) is 2. The zero-order valence-electron chi connectivity index (χ0n) is 16.1. The smallest absolute Gasteiger partial charge is 0.325 e. The van der Waals surface area contributed by atoms with Crippen molar-refractivity contribution in [2.45, 2.75) is 51.5 Å². The third-order valence-corrected chi connectivity index (χ3v) is 5.82.